The molecule has 0 bridgehead atoms. The van der Waals surface area contributed by atoms with Crippen molar-refractivity contribution in [1.82, 2.24) is 0 Å². The topological polar surface area (TPSA) is 131 Å². The maximum Gasteiger partial charge on any atom is 0.303 e. The third-order valence-electron chi connectivity index (χ3n) is 4.36. The molecular formula is C18H22ClN3O6S. The zero-order chi connectivity index (χ0) is 21.6. The van der Waals surface area contributed by atoms with Crippen molar-refractivity contribution in [1.29, 1.82) is 0 Å². The third-order valence-corrected chi connectivity index (χ3v) is 6.00. The van der Waals surface area contributed by atoms with E-state index in [9.17, 15) is 14.7 Å². The summed E-state index contributed by atoms with van der Waals surface area (Å²) in [6, 6.07) is 4.34. The lowest BCUT2D eigenvalue weighted by Crippen LogP contribution is -2.55. The predicted octanol–water partition coefficient (Wildman–Crippen LogP) is 3.46. The molecule has 9 nitrogen and oxygen atoms in total. The summed E-state index contributed by atoms with van der Waals surface area (Å²) in [5.41, 5.74) is 9.14. The van der Waals surface area contributed by atoms with Gasteiger partial charge in [-0.25, -0.2) is 0 Å². The number of halogens is 1. The van der Waals surface area contributed by atoms with Crippen LogP contribution in [0.5, 0.6) is 0 Å². The Kier molecular flexibility index (Phi) is 8.60. The largest absolute Gasteiger partial charge is 0.463 e. The second kappa shape index (κ2) is 10.7. The molecule has 1 fully saturated rings. The Hall–Kier alpha value is -1.97. The summed E-state index contributed by atoms with van der Waals surface area (Å²) < 4.78 is 16.5. The van der Waals surface area contributed by atoms with Gasteiger partial charge in [0.05, 0.1) is 12.6 Å². The minimum absolute atomic E-state index is 0.170. The van der Waals surface area contributed by atoms with Gasteiger partial charge in [-0.05, 0) is 23.2 Å². The van der Waals surface area contributed by atoms with E-state index in [1.807, 2.05) is 0 Å². The van der Waals surface area contributed by atoms with Crippen LogP contribution in [0.1, 0.15) is 26.3 Å². The summed E-state index contributed by atoms with van der Waals surface area (Å²) in [6.45, 7) is 3.94. The molecule has 2 unspecified atom stereocenters. The number of thioether (sulfide) groups is 1. The molecule has 1 heterocycles. The smallest absolute Gasteiger partial charge is 0.303 e. The van der Waals surface area contributed by atoms with E-state index >= 15 is 0 Å². The van der Waals surface area contributed by atoms with Crippen LogP contribution < -0.4 is 0 Å². The molecule has 0 saturated carbocycles. The fraction of sp³-hybridized carbons (Fsp3) is 0.556. The number of nitrogens with zero attached hydrogens (tertiary/aromatic N) is 3. The molecule has 5 atom stereocenters. The molecule has 1 aromatic carbocycles. The summed E-state index contributed by atoms with van der Waals surface area (Å²) in [5, 5.41) is 13.9. The van der Waals surface area contributed by atoms with E-state index in [2.05, 4.69) is 10.0 Å². The van der Waals surface area contributed by atoms with E-state index in [0.29, 0.717) is 15.5 Å². The molecule has 1 saturated heterocycles. The van der Waals surface area contributed by atoms with Gasteiger partial charge in [-0.1, -0.05) is 41.5 Å². The molecular weight excluding hydrogens is 422 g/mol. The second-order valence-electron chi connectivity index (χ2n) is 6.50. The highest BCUT2D eigenvalue weighted by atomic mass is 35.5. The van der Waals surface area contributed by atoms with Gasteiger partial charge >= 0.3 is 11.9 Å². The van der Waals surface area contributed by atoms with Crippen LogP contribution in [0, 0.1) is 5.92 Å². The maximum atomic E-state index is 11.6. The first-order valence-electron chi connectivity index (χ1n) is 8.83. The van der Waals surface area contributed by atoms with Crippen LogP contribution >= 0.6 is 23.4 Å². The van der Waals surface area contributed by atoms with Crippen molar-refractivity contribution in [3.63, 3.8) is 0 Å². The van der Waals surface area contributed by atoms with Gasteiger partial charge in [0.25, 0.3) is 0 Å². The quantitative estimate of drug-likeness (QED) is 0.295. The molecule has 11 heteroatoms. The molecule has 1 aromatic rings. The Morgan fingerprint density at radius 3 is 2.69 bits per heavy atom. The summed E-state index contributed by atoms with van der Waals surface area (Å²) in [7, 11) is 0. The Labute approximate surface area is 177 Å². The lowest BCUT2D eigenvalue weighted by Gasteiger charge is -2.43. The molecule has 0 spiro atoms. The van der Waals surface area contributed by atoms with Crippen LogP contribution in [0.15, 0.2) is 28.2 Å². The second-order valence-corrected chi connectivity index (χ2v) is 8.08. The zero-order valence-electron chi connectivity index (χ0n) is 16.1. The van der Waals surface area contributed by atoms with Crippen LogP contribution in [0.4, 0.5) is 0 Å². The highest BCUT2D eigenvalue weighted by Crippen LogP contribution is 2.41. The van der Waals surface area contributed by atoms with E-state index in [0.717, 1.165) is 0 Å². The van der Waals surface area contributed by atoms with Crippen molar-refractivity contribution in [2.75, 3.05) is 6.61 Å². The van der Waals surface area contributed by atoms with Crippen molar-refractivity contribution in [3.8, 4) is 0 Å². The first kappa shape index (κ1) is 23.3. The number of carbonyl (C=O) groups excluding carboxylic acids is 2. The Balaban J connectivity index is 2.35. The van der Waals surface area contributed by atoms with Crippen molar-refractivity contribution < 1.29 is 28.9 Å². The number of aliphatic hydroxyl groups is 1. The van der Waals surface area contributed by atoms with E-state index in [1.165, 1.54) is 25.6 Å². The molecule has 0 aliphatic carbocycles. The SMILES string of the molecule is CC(=O)OCC1O[C@H](Sc2cc(Cl)ccc2CO)C(C)[C@@H](N=[N+]=[N-])[C@H]1OC(C)=O. The maximum absolute atomic E-state index is 11.6. The summed E-state index contributed by atoms with van der Waals surface area (Å²) in [4.78, 5) is 26.4. The number of aliphatic hydroxyl groups excluding tert-OH is 1. The summed E-state index contributed by atoms with van der Waals surface area (Å²) in [6.07, 6.45) is -1.74. The van der Waals surface area contributed by atoms with Gasteiger partial charge in [-0.15, -0.1) is 0 Å². The van der Waals surface area contributed by atoms with Gasteiger partial charge in [0, 0.05) is 34.6 Å². The van der Waals surface area contributed by atoms with Crippen LogP contribution in [0.25, 0.3) is 10.4 Å². The molecule has 1 aliphatic rings. The highest BCUT2D eigenvalue weighted by molar-refractivity contribution is 7.99. The third kappa shape index (κ3) is 6.25. The highest BCUT2D eigenvalue weighted by Gasteiger charge is 2.46. The Morgan fingerprint density at radius 2 is 2.10 bits per heavy atom. The van der Waals surface area contributed by atoms with Gasteiger partial charge in [-0.2, -0.15) is 0 Å². The molecule has 1 aliphatic heterocycles. The van der Waals surface area contributed by atoms with Crippen LogP contribution in [-0.2, 0) is 30.4 Å². The van der Waals surface area contributed by atoms with Crippen molar-refractivity contribution in [3.05, 3.63) is 39.2 Å². The van der Waals surface area contributed by atoms with Gasteiger partial charge in [0.1, 0.15) is 24.3 Å². The van der Waals surface area contributed by atoms with Gasteiger partial charge in [-0.3, -0.25) is 9.59 Å². The number of ether oxygens (including phenoxy) is 3. The van der Waals surface area contributed by atoms with Crippen molar-refractivity contribution in [2.45, 2.75) is 56.0 Å². The standard InChI is InChI=1S/C18H22ClN3O6S/c1-9-16(21-22-20)17(27-11(3)25)14(8-26-10(2)24)28-18(9)29-15-6-13(19)5-4-12(15)7-23/h4-6,9,14,16-18,23H,7-8H2,1-3H3/t9?,14?,16-,17+,18-/m1/s1. The molecule has 158 valence electrons. The number of hydrogen-bond acceptors (Lipinski definition) is 8. The van der Waals surface area contributed by atoms with E-state index < -0.39 is 35.6 Å². The molecule has 29 heavy (non-hydrogen) atoms. The minimum Gasteiger partial charge on any atom is -0.463 e. The fourth-order valence-corrected chi connectivity index (χ4v) is 4.52. The van der Waals surface area contributed by atoms with E-state index in [1.54, 1.807) is 25.1 Å². The number of esters is 2. The molecule has 1 N–H and O–H groups in total. The molecule has 0 amide bonds. The lowest BCUT2D eigenvalue weighted by molar-refractivity contribution is -0.182. The number of hydrogen-bond donors (Lipinski definition) is 1. The number of benzene rings is 1. The van der Waals surface area contributed by atoms with Gasteiger partial charge in [0.2, 0.25) is 0 Å². The Morgan fingerprint density at radius 1 is 1.38 bits per heavy atom. The van der Waals surface area contributed by atoms with Crippen molar-refractivity contribution in [2.24, 2.45) is 11.0 Å². The van der Waals surface area contributed by atoms with Crippen LogP contribution in [0.2, 0.25) is 5.02 Å². The first-order valence-corrected chi connectivity index (χ1v) is 10.1. The molecule has 2 rings (SSSR count). The van der Waals surface area contributed by atoms with E-state index in [-0.39, 0.29) is 19.1 Å². The normalized spacial score (nSPS) is 26.3. The monoisotopic (exact) mass is 443 g/mol. The van der Waals surface area contributed by atoms with Gasteiger partial charge in [0.15, 0.2) is 0 Å². The minimum atomic E-state index is -0.911. The number of carbonyl (C=O) groups is 2. The summed E-state index contributed by atoms with van der Waals surface area (Å²) >= 11 is 7.38. The molecule has 0 radical (unpaired) electrons. The van der Waals surface area contributed by atoms with Crippen LogP contribution in [0.3, 0.4) is 0 Å². The summed E-state index contributed by atoms with van der Waals surface area (Å²) in [5.74, 6) is -1.45. The van der Waals surface area contributed by atoms with Gasteiger partial charge < -0.3 is 19.3 Å². The zero-order valence-corrected chi connectivity index (χ0v) is 17.7. The van der Waals surface area contributed by atoms with Crippen LogP contribution in [-0.4, -0.2) is 47.3 Å². The average molecular weight is 444 g/mol. The lowest BCUT2D eigenvalue weighted by atomic mass is 9.91. The van der Waals surface area contributed by atoms with E-state index in [4.69, 9.17) is 31.3 Å². The van der Waals surface area contributed by atoms with Crippen molar-refractivity contribution >= 4 is 35.3 Å². The average Bonchev–Trinajstić information content (AvgIpc) is 2.65. The fourth-order valence-electron chi connectivity index (χ4n) is 2.98. The number of azide groups is 1. The predicted molar refractivity (Wildman–Crippen MR) is 106 cm³/mol. The molecule has 0 aromatic heterocycles. The Bertz CT molecular complexity index is 804. The number of rotatable bonds is 7. The first-order chi connectivity index (χ1) is 13.8.